The molecule has 22 heavy (non-hydrogen) atoms. The van der Waals surface area contributed by atoms with Gasteiger partial charge in [0.1, 0.15) is 11.3 Å². The highest BCUT2D eigenvalue weighted by Gasteiger charge is 2.28. The molecule has 0 atom stereocenters. The van der Waals surface area contributed by atoms with Gasteiger partial charge in [0.2, 0.25) is 0 Å². The van der Waals surface area contributed by atoms with Crippen LogP contribution in [0.5, 0.6) is 5.75 Å². The Bertz CT molecular complexity index is 727. The minimum Gasteiger partial charge on any atom is -0.484 e. The lowest BCUT2D eigenvalue weighted by Crippen LogP contribution is -2.51. The molecule has 116 valence electrons. The average Bonchev–Trinajstić information content (AvgIpc) is 2.44. The van der Waals surface area contributed by atoms with E-state index in [4.69, 9.17) is 9.84 Å². The Balaban J connectivity index is 2.01. The highest BCUT2D eigenvalue weighted by atomic mass is 79.9. The van der Waals surface area contributed by atoms with Crippen LogP contribution in [0.3, 0.4) is 0 Å². The van der Waals surface area contributed by atoms with Crippen molar-refractivity contribution in [3.8, 4) is 5.75 Å². The molecule has 5 nitrogen and oxygen atoms in total. The van der Waals surface area contributed by atoms with Gasteiger partial charge in [0, 0.05) is 4.47 Å². The third kappa shape index (κ3) is 3.98. The van der Waals surface area contributed by atoms with E-state index >= 15 is 0 Å². The van der Waals surface area contributed by atoms with E-state index in [9.17, 15) is 9.59 Å². The smallest absolute Gasteiger partial charge is 0.328 e. The van der Waals surface area contributed by atoms with Crippen LogP contribution >= 0.6 is 15.9 Å². The van der Waals surface area contributed by atoms with E-state index in [1.54, 1.807) is 6.07 Å². The number of nitrogens with one attached hydrogen (secondary N) is 1. The Labute approximate surface area is 136 Å². The van der Waals surface area contributed by atoms with Gasteiger partial charge in [0.15, 0.2) is 6.61 Å². The zero-order valence-electron chi connectivity index (χ0n) is 12.2. The number of amides is 1. The van der Waals surface area contributed by atoms with Gasteiger partial charge in [-0.2, -0.15) is 0 Å². The summed E-state index contributed by atoms with van der Waals surface area (Å²) < 4.78 is 6.40. The number of carboxylic acids is 1. The fraction of sp³-hybridized carbons (Fsp3) is 0.250. The Morgan fingerprint density at radius 2 is 1.82 bits per heavy atom. The summed E-state index contributed by atoms with van der Waals surface area (Å²) in [5.41, 5.74) is -1.32. The number of carboxylic acid groups (broad SMARTS) is 1. The number of rotatable bonds is 5. The zero-order valence-corrected chi connectivity index (χ0v) is 13.8. The first-order chi connectivity index (χ1) is 10.3. The van der Waals surface area contributed by atoms with Gasteiger partial charge in [-0.15, -0.1) is 0 Å². The lowest BCUT2D eigenvalue weighted by Gasteiger charge is -2.20. The normalized spacial score (nSPS) is 11.2. The summed E-state index contributed by atoms with van der Waals surface area (Å²) in [6, 6.07) is 11.4. The number of benzene rings is 2. The third-order valence-electron chi connectivity index (χ3n) is 3.13. The lowest BCUT2D eigenvalue weighted by molar-refractivity contribution is -0.146. The molecule has 0 heterocycles. The van der Waals surface area contributed by atoms with Gasteiger partial charge in [0.25, 0.3) is 5.91 Å². The minimum atomic E-state index is -1.32. The molecule has 0 unspecified atom stereocenters. The first-order valence-corrected chi connectivity index (χ1v) is 7.44. The third-order valence-corrected chi connectivity index (χ3v) is 3.62. The molecular weight excluding hydrogens is 350 g/mol. The summed E-state index contributed by atoms with van der Waals surface area (Å²) >= 11 is 3.41. The van der Waals surface area contributed by atoms with Crippen molar-refractivity contribution >= 4 is 38.6 Å². The standard InChI is InChI=1S/C16H16BrNO4/c1-16(2,15(20)21)18-14(19)9-22-13-6-4-10-7-12(17)5-3-11(10)8-13/h3-8H,9H2,1-2H3,(H,18,19)(H,20,21). The number of hydrogen-bond donors (Lipinski definition) is 2. The van der Waals surface area contributed by atoms with E-state index in [1.165, 1.54) is 13.8 Å². The zero-order chi connectivity index (χ0) is 16.3. The van der Waals surface area contributed by atoms with Crippen LogP contribution < -0.4 is 10.1 Å². The number of halogens is 1. The maximum Gasteiger partial charge on any atom is 0.328 e. The molecule has 0 saturated heterocycles. The van der Waals surface area contributed by atoms with E-state index in [1.807, 2.05) is 30.3 Å². The molecule has 0 aromatic heterocycles. The molecule has 0 aliphatic rings. The molecule has 0 fully saturated rings. The van der Waals surface area contributed by atoms with Crippen molar-refractivity contribution in [2.75, 3.05) is 6.61 Å². The molecule has 2 rings (SSSR count). The number of hydrogen-bond acceptors (Lipinski definition) is 3. The van der Waals surface area contributed by atoms with Gasteiger partial charge in [-0.1, -0.05) is 28.1 Å². The van der Waals surface area contributed by atoms with Crippen LogP contribution in [0.25, 0.3) is 10.8 Å². The molecule has 0 bridgehead atoms. The van der Waals surface area contributed by atoms with E-state index in [0.29, 0.717) is 5.75 Å². The second kappa shape index (κ2) is 6.36. The van der Waals surface area contributed by atoms with Crippen LogP contribution in [0.2, 0.25) is 0 Å². The minimum absolute atomic E-state index is 0.237. The van der Waals surface area contributed by atoms with Crippen LogP contribution in [0.1, 0.15) is 13.8 Å². The fourth-order valence-electron chi connectivity index (χ4n) is 1.87. The number of ether oxygens (including phenoxy) is 1. The van der Waals surface area contributed by atoms with E-state index in [2.05, 4.69) is 21.2 Å². The summed E-state index contributed by atoms with van der Waals surface area (Å²) in [4.78, 5) is 22.7. The molecule has 1 amide bonds. The van der Waals surface area contributed by atoms with Gasteiger partial charge in [0.05, 0.1) is 0 Å². The first-order valence-electron chi connectivity index (χ1n) is 6.64. The van der Waals surface area contributed by atoms with Gasteiger partial charge < -0.3 is 15.2 Å². The van der Waals surface area contributed by atoms with Crippen molar-refractivity contribution in [2.45, 2.75) is 19.4 Å². The second-order valence-corrected chi connectivity index (χ2v) is 6.34. The highest BCUT2D eigenvalue weighted by Crippen LogP contribution is 2.24. The SMILES string of the molecule is CC(C)(NC(=O)COc1ccc2cc(Br)ccc2c1)C(=O)O. The van der Waals surface area contributed by atoms with E-state index < -0.39 is 17.4 Å². The van der Waals surface area contributed by atoms with E-state index in [-0.39, 0.29) is 6.61 Å². The molecular formula is C16H16BrNO4. The Morgan fingerprint density at radius 1 is 1.18 bits per heavy atom. The van der Waals surface area contributed by atoms with Crippen molar-refractivity contribution < 1.29 is 19.4 Å². The van der Waals surface area contributed by atoms with Gasteiger partial charge in [-0.05, 0) is 48.9 Å². The second-order valence-electron chi connectivity index (χ2n) is 5.42. The Morgan fingerprint density at radius 3 is 2.50 bits per heavy atom. The van der Waals surface area contributed by atoms with Gasteiger partial charge in [-0.3, -0.25) is 4.79 Å². The predicted molar refractivity (Wildman–Crippen MR) is 87.0 cm³/mol. The van der Waals surface area contributed by atoms with Gasteiger partial charge in [-0.25, -0.2) is 4.79 Å². The molecule has 0 radical (unpaired) electrons. The molecule has 2 N–H and O–H groups in total. The summed E-state index contributed by atoms with van der Waals surface area (Å²) in [5, 5.41) is 13.4. The van der Waals surface area contributed by atoms with Crippen molar-refractivity contribution in [1.82, 2.24) is 5.32 Å². The summed E-state index contributed by atoms with van der Waals surface area (Å²) in [7, 11) is 0. The molecule has 2 aromatic rings. The Hall–Kier alpha value is -2.08. The van der Waals surface area contributed by atoms with Crippen LogP contribution in [0.15, 0.2) is 40.9 Å². The first kappa shape index (κ1) is 16.3. The molecule has 0 aliphatic carbocycles. The van der Waals surface area contributed by atoms with Crippen LogP contribution in [0.4, 0.5) is 0 Å². The number of carbonyl (C=O) groups is 2. The maximum absolute atomic E-state index is 11.7. The molecule has 2 aromatic carbocycles. The summed E-state index contributed by atoms with van der Waals surface area (Å²) in [6.07, 6.45) is 0. The lowest BCUT2D eigenvalue weighted by atomic mass is 10.1. The Kier molecular flexibility index (Phi) is 4.71. The fourth-order valence-corrected chi connectivity index (χ4v) is 2.25. The van der Waals surface area contributed by atoms with Crippen molar-refractivity contribution in [3.05, 3.63) is 40.9 Å². The van der Waals surface area contributed by atoms with Crippen molar-refractivity contribution in [3.63, 3.8) is 0 Å². The van der Waals surface area contributed by atoms with Crippen molar-refractivity contribution in [2.24, 2.45) is 0 Å². The topological polar surface area (TPSA) is 75.6 Å². The molecule has 0 aliphatic heterocycles. The van der Waals surface area contributed by atoms with Gasteiger partial charge >= 0.3 is 5.97 Å². The quantitative estimate of drug-likeness (QED) is 0.853. The number of aliphatic carboxylic acids is 1. The largest absolute Gasteiger partial charge is 0.484 e. The summed E-state index contributed by atoms with van der Waals surface area (Å²) in [5.74, 6) is -1.03. The van der Waals surface area contributed by atoms with Crippen LogP contribution in [0, 0.1) is 0 Å². The number of fused-ring (bicyclic) bond motifs is 1. The molecule has 6 heteroatoms. The van der Waals surface area contributed by atoms with E-state index in [0.717, 1.165) is 15.2 Å². The molecule has 0 spiro atoms. The summed E-state index contributed by atoms with van der Waals surface area (Å²) in [6.45, 7) is 2.60. The predicted octanol–water partition coefficient (Wildman–Crippen LogP) is 2.96. The maximum atomic E-state index is 11.7. The number of carbonyl (C=O) groups excluding carboxylic acids is 1. The average molecular weight is 366 g/mol. The molecule has 0 saturated carbocycles. The highest BCUT2D eigenvalue weighted by molar-refractivity contribution is 9.10. The van der Waals surface area contributed by atoms with Crippen LogP contribution in [-0.4, -0.2) is 29.1 Å². The van der Waals surface area contributed by atoms with Crippen LogP contribution in [-0.2, 0) is 9.59 Å². The monoisotopic (exact) mass is 365 g/mol. The van der Waals surface area contributed by atoms with Crippen molar-refractivity contribution in [1.29, 1.82) is 0 Å².